The molecule has 1 aliphatic heterocycles. The fourth-order valence-corrected chi connectivity index (χ4v) is 4.21. The smallest absolute Gasteiger partial charge is 0.0190 e. The minimum absolute atomic E-state index is 1.19. The molecule has 2 heteroatoms. The predicted molar refractivity (Wildman–Crippen MR) is 68.2 cm³/mol. The van der Waals surface area contributed by atoms with Gasteiger partial charge in [-0.15, -0.1) is 0 Å². The molecule has 0 saturated heterocycles. The third-order valence-corrected chi connectivity index (χ3v) is 5.07. The highest BCUT2D eigenvalue weighted by atomic mass is 32.2. The van der Waals surface area contributed by atoms with E-state index in [0.717, 1.165) is 0 Å². The molecule has 0 amide bonds. The molecule has 0 aromatic heterocycles. The molecule has 0 saturated carbocycles. The maximum atomic E-state index is 2.30. The second-order valence-corrected chi connectivity index (χ2v) is 5.96. The van der Waals surface area contributed by atoms with E-state index in [1.165, 1.54) is 39.7 Å². The fraction of sp³-hybridized carbons (Fsp3) is 0.500. The third-order valence-electron chi connectivity index (χ3n) is 2.82. The monoisotopic (exact) mass is 224 g/mol. The van der Waals surface area contributed by atoms with Gasteiger partial charge >= 0.3 is 0 Å². The summed E-state index contributed by atoms with van der Waals surface area (Å²) in [6.07, 6.45) is 0. The van der Waals surface area contributed by atoms with Crippen molar-refractivity contribution in [1.82, 2.24) is 0 Å². The van der Waals surface area contributed by atoms with Crippen molar-refractivity contribution >= 4 is 23.5 Å². The third kappa shape index (κ3) is 2.12. The molecule has 76 valence electrons. The van der Waals surface area contributed by atoms with Crippen molar-refractivity contribution in [3.05, 3.63) is 34.4 Å². The van der Waals surface area contributed by atoms with E-state index in [2.05, 4.69) is 49.5 Å². The lowest BCUT2D eigenvalue weighted by atomic mass is 10.00. The Morgan fingerprint density at radius 3 is 2.50 bits per heavy atom. The van der Waals surface area contributed by atoms with Gasteiger partial charge in [-0.1, -0.05) is 12.1 Å². The Morgan fingerprint density at radius 2 is 1.71 bits per heavy atom. The van der Waals surface area contributed by atoms with Gasteiger partial charge in [0.1, 0.15) is 0 Å². The first-order chi connectivity index (χ1) is 6.79. The zero-order valence-corrected chi connectivity index (χ0v) is 10.4. The van der Waals surface area contributed by atoms with Crippen LogP contribution >= 0.6 is 23.5 Å². The van der Waals surface area contributed by atoms with Gasteiger partial charge in [-0.2, -0.15) is 23.5 Å². The van der Waals surface area contributed by atoms with E-state index in [1.54, 1.807) is 5.56 Å². The summed E-state index contributed by atoms with van der Waals surface area (Å²) >= 11 is 4.14. The van der Waals surface area contributed by atoms with Crippen LogP contribution in [0.2, 0.25) is 0 Å². The molecule has 0 unspecified atom stereocenters. The Hall–Kier alpha value is -0.0800. The Kier molecular flexibility index (Phi) is 3.45. The molecule has 0 fully saturated rings. The molecule has 0 radical (unpaired) electrons. The van der Waals surface area contributed by atoms with Crippen LogP contribution in [-0.4, -0.2) is 11.5 Å². The van der Waals surface area contributed by atoms with Crippen molar-refractivity contribution in [2.75, 3.05) is 11.5 Å². The van der Waals surface area contributed by atoms with Gasteiger partial charge in [0.2, 0.25) is 0 Å². The highest BCUT2D eigenvalue weighted by Crippen LogP contribution is 2.28. The predicted octanol–water partition coefficient (Wildman–Crippen LogP) is 3.78. The van der Waals surface area contributed by atoms with Gasteiger partial charge in [-0.05, 0) is 36.1 Å². The number of hydrogen-bond donors (Lipinski definition) is 0. The number of rotatable bonds is 0. The minimum atomic E-state index is 1.19. The number of hydrogen-bond acceptors (Lipinski definition) is 2. The van der Waals surface area contributed by atoms with Crippen LogP contribution in [-0.2, 0) is 11.5 Å². The van der Waals surface area contributed by atoms with E-state index in [-0.39, 0.29) is 0 Å². The Balaban J connectivity index is 2.41. The Morgan fingerprint density at radius 1 is 1.00 bits per heavy atom. The van der Waals surface area contributed by atoms with Crippen LogP contribution in [0.4, 0.5) is 0 Å². The van der Waals surface area contributed by atoms with Gasteiger partial charge in [0.25, 0.3) is 0 Å². The van der Waals surface area contributed by atoms with E-state index in [0.29, 0.717) is 0 Å². The Bertz CT molecular complexity index is 331. The lowest BCUT2D eigenvalue weighted by molar-refractivity contribution is 1.19. The topological polar surface area (TPSA) is 0 Å². The summed E-state index contributed by atoms with van der Waals surface area (Å²) in [7, 11) is 0. The number of benzene rings is 1. The first-order valence-corrected chi connectivity index (χ1v) is 7.33. The van der Waals surface area contributed by atoms with Gasteiger partial charge < -0.3 is 0 Å². The minimum Gasteiger partial charge on any atom is -0.156 e. The molecular weight excluding hydrogens is 208 g/mol. The summed E-state index contributed by atoms with van der Waals surface area (Å²) in [5, 5.41) is 0. The quantitative estimate of drug-likeness (QED) is 0.658. The molecule has 1 aromatic carbocycles. The van der Waals surface area contributed by atoms with E-state index in [1.807, 2.05) is 0 Å². The highest BCUT2D eigenvalue weighted by Gasteiger charge is 2.09. The molecule has 2 rings (SSSR count). The maximum absolute atomic E-state index is 2.30. The van der Waals surface area contributed by atoms with Crippen LogP contribution in [0, 0.1) is 13.8 Å². The number of fused-ring (bicyclic) bond motifs is 2. The van der Waals surface area contributed by atoms with Crippen LogP contribution in [0.15, 0.2) is 12.1 Å². The molecule has 1 aromatic rings. The summed E-state index contributed by atoms with van der Waals surface area (Å²) in [6.45, 7) is 4.52. The van der Waals surface area contributed by atoms with Gasteiger partial charge in [0.05, 0.1) is 0 Å². The first kappa shape index (κ1) is 10.4. The Labute approximate surface area is 94.9 Å². The summed E-state index contributed by atoms with van der Waals surface area (Å²) < 4.78 is 0. The van der Waals surface area contributed by atoms with E-state index in [4.69, 9.17) is 0 Å². The van der Waals surface area contributed by atoms with Crippen LogP contribution in [0.1, 0.15) is 22.3 Å². The lowest BCUT2D eigenvalue weighted by Crippen LogP contribution is -1.95. The standard InChI is InChI=1S/C12H16S2/c1-9-3-4-11-7-13-5-6-14-8-12(9)10(11)2/h3-4H,5-8H2,1-2H3. The molecule has 0 nitrogen and oxygen atoms in total. The summed E-state index contributed by atoms with van der Waals surface area (Å²) in [5.74, 6) is 4.98. The van der Waals surface area contributed by atoms with E-state index < -0.39 is 0 Å². The second-order valence-electron chi connectivity index (χ2n) is 3.75. The maximum Gasteiger partial charge on any atom is 0.0190 e. The summed E-state index contributed by atoms with van der Waals surface area (Å²) in [4.78, 5) is 0. The van der Waals surface area contributed by atoms with Crippen molar-refractivity contribution < 1.29 is 0 Å². The number of aryl methyl sites for hydroxylation is 1. The average Bonchev–Trinajstić information content (AvgIpc) is 2.22. The highest BCUT2D eigenvalue weighted by molar-refractivity contribution is 8.02. The largest absolute Gasteiger partial charge is 0.156 e. The van der Waals surface area contributed by atoms with Gasteiger partial charge in [0.15, 0.2) is 0 Å². The molecule has 0 N–H and O–H groups in total. The zero-order valence-electron chi connectivity index (χ0n) is 8.80. The SMILES string of the molecule is Cc1ccc2c(C)c1CSCCSC2. The normalized spacial score (nSPS) is 17.0. The first-order valence-electron chi connectivity index (χ1n) is 5.02. The second kappa shape index (κ2) is 4.63. The van der Waals surface area contributed by atoms with Crippen LogP contribution < -0.4 is 0 Å². The fourth-order valence-electron chi connectivity index (χ4n) is 1.79. The molecule has 14 heavy (non-hydrogen) atoms. The van der Waals surface area contributed by atoms with Crippen LogP contribution in [0.5, 0.6) is 0 Å². The summed E-state index contributed by atoms with van der Waals surface area (Å²) in [6, 6.07) is 4.58. The van der Waals surface area contributed by atoms with E-state index >= 15 is 0 Å². The molecular formula is C12H16S2. The molecule has 0 atom stereocenters. The molecule has 0 aliphatic carbocycles. The molecule has 2 bridgehead atoms. The van der Waals surface area contributed by atoms with Crippen LogP contribution in [0.3, 0.4) is 0 Å². The van der Waals surface area contributed by atoms with Crippen molar-refractivity contribution in [3.8, 4) is 0 Å². The van der Waals surface area contributed by atoms with Crippen molar-refractivity contribution in [2.45, 2.75) is 25.4 Å². The van der Waals surface area contributed by atoms with Crippen molar-refractivity contribution in [2.24, 2.45) is 0 Å². The van der Waals surface area contributed by atoms with Crippen molar-refractivity contribution in [3.63, 3.8) is 0 Å². The molecule has 0 spiro atoms. The van der Waals surface area contributed by atoms with Crippen LogP contribution in [0.25, 0.3) is 0 Å². The molecule has 1 aliphatic rings. The summed E-state index contributed by atoms with van der Waals surface area (Å²) in [5.41, 5.74) is 6.12. The van der Waals surface area contributed by atoms with Gasteiger partial charge in [-0.3, -0.25) is 0 Å². The lowest BCUT2D eigenvalue weighted by Gasteiger charge is -2.11. The molecule has 1 heterocycles. The van der Waals surface area contributed by atoms with Crippen molar-refractivity contribution in [1.29, 1.82) is 0 Å². The van der Waals surface area contributed by atoms with Gasteiger partial charge in [-0.25, -0.2) is 0 Å². The number of thioether (sulfide) groups is 2. The van der Waals surface area contributed by atoms with E-state index in [9.17, 15) is 0 Å². The van der Waals surface area contributed by atoms with Gasteiger partial charge in [0, 0.05) is 23.0 Å². The zero-order chi connectivity index (χ0) is 9.97. The average molecular weight is 224 g/mol.